The van der Waals surface area contributed by atoms with Crippen LogP contribution in [0.15, 0.2) is 41.4 Å². The van der Waals surface area contributed by atoms with Gasteiger partial charge in [0.05, 0.1) is 6.04 Å². The first-order valence-corrected chi connectivity index (χ1v) is 5.67. The first kappa shape index (κ1) is 12.1. The van der Waals surface area contributed by atoms with Crippen LogP contribution in [0.3, 0.4) is 0 Å². The van der Waals surface area contributed by atoms with Crippen LogP contribution in [0.4, 0.5) is 4.39 Å². The summed E-state index contributed by atoms with van der Waals surface area (Å²) in [5.41, 5.74) is 3.71. The molecule has 0 saturated carbocycles. The molecule has 1 unspecified atom stereocenters. The summed E-state index contributed by atoms with van der Waals surface area (Å²) >= 11 is 3.21. The average molecular weight is 297 g/mol. The zero-order chi connectivity index (χ0) is 12.3. The van der Waals surface area contributed by atoms with Gasteiger partial charge in [-0.1, -0.05) is 22.0 Å². The van der Waals surface area contributed by atoms with E-state index < -0.39 is 6.04 Å². The third kappa shape index (κ3) is 2.66. The van der Waals surface area contributed by atoms with Crippen LogP contribution in [0.5, 0.6) is 0 Å². The molecule has 1 aromatic carbocycles. The topological polar surface area (TPSA) is 63.8 Å². The smallest absolute Gasteiger partial charge is 0.129 e. The molecule has 6 heteroatoms. The van der Waals surface area contributed by atoms with Crippen molar-refractivity contribution in [3.8, 4) is 0 Å². The van der Waals surface area contributed by atoms with Crippen molar-refractivity contribution in [2.45, 2.75) is 6.04 Å². The Balaban J connectivity index is 2.42. The Bertz CT molecular complexity index is 506. The van der Waals surface area contributed by atoms with Gasteiger partial charge in [0.2, 0.25) is 0 Å². The minimum atomic E-state index is -0.468. The minimum Gasteiger partial charge on any atom is -0.271 e. The van der Waals surface area contributed by atoms with Crippen molar-refractivity contribution in [3.63, 3.8) is 0 Å². The van der Waals surface area contributed by atoms with Crippen LogP contribution in [0, 0.1) is 5.82 Å². The fourth-order valence-corrected chi connectivity index (χ4v) is 1.89. The Kier molecular flexibility index (Phi) is 3.78. The summed E-state index contributed by atoms with van der Waals surface area (Å²) in [6.07, 6.45) is 4.60. The Hall–Kier alpha value is -1.37. The van der Waals surface area contributed by atoms with Gasteiger partial charge in [0.1, 0.15) is 12.1 Å². The number of hydrogen-bond acceptors (Lipinski definition) is 4. The van der Waals surface area contributed by atoms with Gasteiger partial charge in [-0.15, -0.1) is 0 Å². The molecule has 3 N–H and O–H groups in total. The molecule has 0 aliphatic carbocycles. The van der Waals surface area contributed by atoms with Gasteiger partial charge in [0, 0.05) is 28.0 Å². The fraction of sp³-hybridized carbons (Fsp3) is 0.0909. The van der Waals surface area contributed by atoms with Crippen molar-refractivity contribution < 1.29 is 4.39 Å². The summed E-state index contributed by atoms with van der Waals surface area (Å²) in [6.45, 7) is 0. The zero-order valence-corrected chi connectivity index (χ0v) is 10.4. The lowest BCUT2D eigenvalue weighted by Gasteiger charge is -2.16. The normalized spacial score (nSPS) is 12.4. The molecule has 0 aliphatic rings. The second-order valence-electron chi connectivity index (χ2n) is 3.44. The van der Waals surface area contributed by atoms with E-state index in [0.29, 0.717) is 15.6 Å². The number of rotatable bonds is 3. The molecule has 1 heterocycles. The second kappa shape index (κ2) is 5.31. The van der Waals surface area contributed by atoms with E-state index in [1.807, 2.05) is 0 Å². The van der Waals surface area contributed by atoms with Crippen LogP contribution in [-0.2, 0) is 0 Å². The summed E-state index contributed by atoms with van der Waals surface area (Å²) in [7, 11) is 0. The quantitative estimate of drug-likeness (QED) is 0.671. The lowest BCUT2D eigenvalue weighted by atomic mass is 10.0. The molecule has 0 spiro atoms. The fourth-order valence-electron chi connectivity index (χ4n) is 1.56. The number of nitrogens with two attached hydrogens (primary N) is 1. The molecule has 2 rings (SSSR count). The van der Waals surface area contributed by atoms with E-state index in [2.05, 4.69) is 31.3 Å². The molecule has 17 heavy (non-hydrogen) atoms. The van der Waals surface area contributed by atoms with Crippen molar-refractivity contribution in [3.05, 3.63) is 58.3 Å². The van der Waals surface area contributed by atoms with Gasteiger partial charge in [-0.05, 0) is 12.1 Å². The average Bonchev–Trinajstić information content (AvgIpc) is 2.34. The highest BCUT2D eigenvalue weighted by atomic mass is 79.9. The van der Waals surface area contributed by atoms with E-state index in [1.165, 1.54) is 12.4 Å². The van der Waals surface area contributed by atoms with Gasteiger partial charge in [-0.25, -0.2) is 19.8 Å². The first-order chi connectivity index (χ1) is 8.22. The molecule has 2 aromatic rings. The van der Waals surface area contributed by atoms with Gasteiger partial charge in [0.15, 0.2) is 0 Å². The van der Waals surface area contributed by atoms with Gasteiger partial charge < -0.3 is 0 Å². The van der Waals surface area contributed by atoms with E-state index in [9.17, 15) is 4.39 Å². The van der Waals surface area contributed by atoms with E-state index in [-0.39, 0.29) is 5.82 Å². The van der Waals surface area contributed by atoms with Gasteiger partial charge >= 0.3 is 0 Å². The number of hydrogen-bond donors (Lipinski definition) is 2. The van der Waals surface area contributed by atoms with Crippen LogP contribution in [0.1, 0.15) is 17.2 Å². The standard InChI is InChI=1S/C11H10BrFN4/c12-8-1-2-9(10(13)3-8)11(17-14)7-4-15-6-16-5-7/h1-6,11,17H,14H2. The summed E-state index contributed by atoms with van der Waals surface area (Å²) in [5, 5.41) is 0. The van der Waals surface area contributed by atoms with Gasteiger partial charge in [-0.2, -0.15) is 0 Å². The predicted octanol–water partition coefficient (Wildman–Crippen LogP) is 1.93. The molecular formula is C11H10BrFN4. The summed E-state index contributed by atoms with van der Waals surface area (Å²) in [4.78, 5) is 7.78. The molecule has 0 fully saturated rings. The number of nitrogens with one attached hydrogen (secondary N) is 1. The van der Waals surface area contributed by atoms with E-state index in [0.717, 1.165) is 0 Å². The lowest BCUT2D eigenvalue weighted by Crippen LogP contribution is -2.29. The molecule has 1 aromatic heterocycles. The molecule has 88 valence electrons. The van der Waals surface area contributed by atoms with Crippen molar-refractivity contribution in [1.29, 1.82) is 0 Å². The monoisotopic (exact) mass is 296 g/mol. The Morgan fingerprint density at radius 3 is 2.59 bits per heavy atom. The number of aromatic nitrogens is 2. The molecule has 4 nitrogen and oxygen atoms in total. The van der Waals surface area contributed by atoms with Gasteiger partial charge in [-0.3, -0.25) is 5.84 Å². The van der Waals surface area contributed by atoms with Crippen LogP contribution >= 0.6 is 15.9 Å². The van der Waals surface area contributed by atoms with Crippen LogP contribution in [0.25, 0.3) is 0 Å². The second-order valence-corrected chi connectivity index (χ2v) is 4.35. The predicted molar refractivity (Wildman–Crippen MR) is 65.3 cm³/mol. The largest absolute Gasteiger partial charge is 0.271 e. The number of hydrazine groups is 1. The Morgan fingerprint density at radius 2 is 2.00 bits per heavy atom. The van der Waals surface area contributed by atoms with E-state index in [1.54, 1.807) is 24.5 Å². The number of nitrogens with zero attached hydrogens (tertiary/aromatic N) is 2. The maximum absolute atomic E-state index is 13.8. The highest BCUT2D eigenvalue weighted by molar-refractivity contribution is 9.10. The molecule has 0 bridgehead atoms. The summed E-state index contributed by atoms with van der Waals surface area (Å²) in [6, 6.07) is 4.34. The first-order valence-electron chi connectivity index (χ1n) is 4.88. The molecule has 1 atom stereocenters. The van der Waals surface area contributed by atoms with Crippen molar-refractivity contribution in [2.24, 2.45) is 5.84 Å². The third-order valence-electron chi connectivity index (χ3n) is 2.35. The summed E-state index contributed by atoms with van der Waals surface area (Å²) in [5.74, 6) is 5.12. The zero-order valence-electron chi connectivity index (χ0n) is 8.77. The molecule has 0 aliphatic heterocycles. The Morgan fingerprint density at radius 1 is 1.29 bits per heavy atom. The van der Waals surface area contributed by atoms with Gasteiger partial charge in [0.25, 0.3) is 0 Å². The van der Waals surface area contributed by atoms with Crippen LogP contribution in [-0.4, -0.2) is 9.97 Å². The van der Waals surface area contributed by atoms with Crippen LogP contribution in [0.2, 0.25) is 0 Å². The lowest BCUT2D eigenvalue weighted by molar-refractivity contribution is 0.557. The third-order valence-corrected chi connectivity index (χ3v) is 2.85. The minimum absolute atomic E-state index is 0.342. The molecule has 0 radical (unpaired) electrons. The van der Waals surface area contributed by atoms with Crippen molar-refractivity contribution in [1.82, 2.24) is 15.4 Å². The molecule has 0 saturated heterocycles. The maximum atomic E-state index is 13.8. The SMILES string of the molecule is NNC(c1cncnc1)c1ccc(Br)cc1F. The molecule has 0 amide bonds. The number of halogens is 2. The molecular weight excluding hydrogens is 287 g/mol. The highest BCUT2D eigenvalue weighted by Crippen LogP contribution is 2.25. The highest BCUT2D eigenvalue weighted by Gasteiger charge is 2.17. The maximum Gasteiger partial charge on any atom is 0.129 e. The van der Waals surface area contributed by atoms with E-state index in [4.69, 9.17) is 5.84 Å². The Labute approximate surface area is 106 Å². The van der Waals surface area contributed by atoms with Crippen molar-refractivity contribution in [2.75, 3.05) is 0 Å². The summed E-state index contributed by atoms with van der Waals surface area (Å²) < 4.78 is 14.5. The number of benzene rings is 1. The van der Waals surface area contributed by atoms with E-state index >= 15 is 0 Å². The van der Waals surface area contributed by atoms with Crippen LogP contribution < -0.4 is 11.3 Å². The van der Waals surface area contributed by atoms with Crippen molar-refractivity contribution >= 4 is 15.9 Å².